The monoisotopic (exact) mass is 271 g/mol. The Morgan fingerprint density at radius 1 is 1.29 bits per heavy atom. The van der Waals surface area contributed by atoms with Gasteiger partial charge in [-0.2, -0.15) is 11.8 Å². The predicted molar refractivity (Wildman–Crippen MR) is 82.3 cm³/mol. The highest BCUT2D eigenvalue weighted by molar-refractivity contribution is 7.98. The summed E-state index contributed by atoms with van der Waals surface area (Å²) < 4.78 is 0. The second-order valence-electron chi connectivity index (χ2n) is 4.39. The summed E-state index contributed by atoms with van der Waals surface area (Å²) in [5.74, 6) is 1.31. The van der Waals surface area contributed by atoms with Crippen molar-refractivity contribution in [1.82, 2.24) is 5.32 Å². The molecule has 1 aromatic rings. The van der Waals surface area contributed by atoms with Crippen LogP contribution in [0.3, 0.4) is 0 Å². The number of rotatable bonds is 9. The molecular weight excluding hydrogens is 246 g/mol. The van der Waals surface area contributed by atoms with Crippen LogP contribution in [0.25, 0.3) is 0 Å². The average Bonchev–Trinajstić information content (AvgIpc) is 2.82. The first-order chi connectivity index (χ1) is 8.27. The van der Waals surface area contributed by atoms with Gasteiger partial charge in [0.15, 0.2) is 0 Å². The second-order valence-corrected chi connectivity index (χ2v) is 6.57. The van der Waals surface area contributed by atoms with Crippen molar-refractivity contribution in [3.8, 4) is 0 Å². The quantitative estimate of drug-likeness (QED) is 0.664. The molecule has 0 radical (unpaired) electrons. The fraction of sp³-hybridized carbons (Fsp3) is 0.714. The van der Waals surface area contributed by atoms with Crippen LogP contribution < -0.4 is 5.32 Å². The van der Waals surface area contributed by atoms with Crippen LogP contribution >= 0.6 is 23.1 Å². The van der Waals surface area contributed by atoms with Gasteiger partial charge in [-0.1, -0.05) is 13.3 Å². The minimum atomic E-state index is 0.515. The van der Waals surface area contributed by atoms with Gasteiger partial charge in [-0.25, -0.2) is 0 Å². The maximum Gasteiger partial charge on any atom is 0.0386 e. The third-order valence-electron chi connectivity index (χ3n) is 2.93. The smallest absolute Gasteiger partial charge is 0.0386 e. The molecule has 0 fully saturated rings. The molecule has 3 heteroatoms. The third kappa shape index (κ3) is 5.94. The van der Waals surface area contributed by atoms with Gasteiger partial charge in [0, 0.05) is 15.8 Å². The topological polar surface area (TPSA) is 12.0 Å². The molecule has 0 saturated carbocycles. The molecular formula is C14H25NS2. The van der Waals surface area contributed by atoms with Crippen LogP contribution in [0.1, 0.15) is 48.9 Å². The Hall–Kier alpha value is 0.01000. The van der Waals surface area contributed by atoms with Gasteiger partial charge in [0.2, 0.25) is 0 Å². The first kappa shape index (κ1) is 15.1. The Labute approximate surface area is 114 Å². The SMILES string of the molecule is CCc1ccc(C(C)NCCCCCSC)s1. The first-order valence-corrected chi connectivity index (χ1v) is 8.80. The van der Waals surface area contributed by atoms with Crippen molar-refractivity contribution >= 4 is 23.1 Å². The Bertz CT molecular complexity index is 296. The van der Waals surface area contributed by atoms with E-state index in [9.17, 15) is 0 Å². The molecule has 0 aliphatic carbocycles. The molecule has 0 aliphatic rings. The molecule has 1 rings (SSSR count). The molecule has 0 saturated heterocycles. The summed E-state index contributed by atoms with van der Waals surface area (Å²) in [4.78, 5) is 2.97. The minimum absolute atomic E-state index is 0.515. The average molecular weight is 271 g/mol. The van der Waals surface area contributed by atoms with Crippen LogP contribution in [-0.2, 0) is 6.42 Å². The van der Waals surface area contributed by atoms with E-state index in [-0.39, 0.29) is 0 Å². The molecule has 0 bridgehead atoms. The highest BCUT2D eigenvalue weighted by Gasteiger charge is 2.06. The summed E-state index contributed by atoms with van der Waals surface area (Å²) in [5.41, 5.74) is 0. The molecule has 0 amide bonds. The van der Waals surface area contributed by atoms with E-state index in [1.54, 1.807) is 0 Å². The zero-order valence-corrected chi connectivity index (χ0v) is 12.9. The fourth-order valence-corrected chi connectivity index (χ4v) is 3.26. The van der Waals surface area contributed by atoms with E-state index in [4.69, 9.17) is 0 Å². The number of thioether (sulfide) groups is 1. The van der Waals surface area contributed by atoms with E-state index in [0.717, 1.165) is 13.0 Å². The first-order valence-electron chi connectivity index (χ1n) is 6.58. The molecule has 0 aliphatic heterocycles. The van der Waals surface area contributed by atoms with Crippen molar-refractivity contribution in [1.29, 1.82) is 0 Å². The molecule has 1 unspecified atom stereocenters. The highest BCUT2D eigenvalue weighted by atomic mass is 32.2. The van der Waals surface area contributed by atoms with Crippen molar-refractivity contribution in [3.63, 3.8) is 0 Å². The van der Waals surface area contributed by atoms with E-state index >= 15 is 0 Å². The molecule has 17 heavy (non-hydrogen) atoms. The third-order valence-corrected chi connectivity index (χ3v) is 5.04. The Balaban J connectivity index is 2.14. The van der Waals surface area contributed by atoms with Crippen LogP contribution in [-0.4, -0.2) is 18.6 Å². The van der Waals surface area contributed by atoms with Gasteiger partial charge in [0.25, 0.3) is 0 Å². The molecule has 1 N–H and O–H groups in total. The summed E-state index contributed by atoms with van der Waals surface area (Å²) in [6.45, 7) is 5.64. The van der Waals surface area contributed by atoms with Crippen LogP contribution in [0.15, 0.2) is 12.1 Å². The summed E-state index contributed by atoms with van der Waals surface area (Å²) in [6, 6.07) is 5.05. The van der Waals surface area contributed by atoms with Gasteiger partial charge < -0.3 is 5.32 Å². The lowest BCUT2D eigenvalue weighted by molar-refractivity contribution is 0.550. The van der Waals surface area contributed by atoms with Gasteiger partial charge in [-0.15, -0.1) is 11.3 Å². The molecule has 0 spiro atoms. The zero-order valence-electron chi connectivity index (χ0n) is 11.3. The Kier molecular flexibility index (Phi) is 7.99. The summed E-state index contributed by atoms with van der Waals surface area (Å²) in [7, 11) is 0. The Morgan fingerprint density at radius 2 is 2.12 bits per heavy atom. The number of aryl methyl sites for hydroxylation is 1. The van der Waals surface area contributed by atoms with Crippen molar-refractivity contribution < 1.29 is 0 Å². The number of hydrogen-bond donors (Lipinski definition) is 1. The predicted octanol–water partition coefficient (Wildman–Crippen LogP) is 4.49. The zero-order chi connectivity index (χ0) is 12.5. The van der Waals surface area contributed by atoms with Crippen molar-refractivity contribution in [2.45, 2.75) is 45.6 Å². The van der Waals surface area contributed by atoms with Gasteiger partial charge in [-0.05, 0) is 56.9 Å². The molecule has 1 atom stereocenters. The second kappa shape index (κ2) is 9.01. The molecule has 98 valence electrons. The number of unbranched alkanes of at least 4 members (excludes halogenated alkanes) is 2. The van der Waals surface area contributed by atoms with Crippen molar-refractivity contribution in [2.24, 2.45) is 0 Å². The van der Waals surface area contributed by atoms with Gasteiger partial charge >= 0.3 is 0 Å². The largest absolute Gasteiger partial charge is 0.309 e. The minimum Gasteiger partial charge on any atom is -0.309 e. The van der Waals surface area contributed by atoms with E-state index in [1.807, 2.05) is 23.1 Å². The van der Waals surface area contributed by atoms with Crippen LogP contribution in [0.5, 0.6) is 0 Å². The van der Waals surface area contributed by atoms with E-state index in [0.29, 0.717) is 6.04 Å². The fourth-order valence-electron chi connectivity index (χ4n) is 1.78. The maximum atomic E-state index is 3.62. The lowest BCUT2D eigenvalue weighted by Crippen LogP contribution is -2.18. The molecule has 0 aromatic carbocycles. The number of thiophene rings is 1. The maximum absolute atomic E-state index is 3.62. The lowest BCUT2D eigenvalue weighted by Gasteiger charge is -2.11. The van der Waals surface area contributed by atoms with Gasteiger partial charge in [0.05, 0.1) is 0 Å². The lowest BCUT2D eigenvalue weighted by atomic mass is 10.2. The van der Waals surface area contributed by atoms with Gasteiger partial charge in [-0.3, -0.25) is 0 Å². The normalized spacial score (nSPS) is 12.9. The molecule has 1 heterocycles. The van der Waals surface area contributed by atoms with Crippen molar-refractivity contribution in [3.05, 3.63) is 21.9 Å². The summed E-state index contributed by atoms with van der Waals surface area (Å²) in [5, 5.41) is 3.62. The molecule has 1 aromatic heterocycles. The molecule has 1 nitrogen and oxygen atoms in total. The van der Waals surface area contributed by atoms with Crippen LogP contribution in [0.2, 0.25) is 0 Å². The van der Waals surface area contributed by atoms with Crippen LogP contribution in [0.4, 0.5) is 0 Å². The highest BCUT2D eigenvalue weighted by Crippen LogP contribution is 2.23. The van der Waals surface area contributed by atoms with Crippen molar-refractivity contribution in [2.75, 3.05) is 18.6 Å². The summed E-state index contributed by atoms with van der Waals surface area (Å²) >= 11 is 3.90. The Morgan fingerprint density at radius 3 is 2.76 bits per heavy atom. The van der Waals surface area contributed by atoms with E-state index in [1.165, 1.54) is 34.8 Å². The number of nitrogens with one attached hydrogen (secondary N) is 1. The van der Waals surface area contributed by atoms with Gasteiger partial charge in [0.1, 0.15) is 0 Å². The van der Waals surface area contributed by atoms with Crippen LogP contribution in [0, 0.1) is 0 Å². The summed E-state index contributed by atoms with van der Waals surface area (Å²) in [6.07, 6.45) is 7.35. The standard InChI is InChI=1S/C14H25NS2/c1-4-13-8-9-14(17-13)12(2)15-10-6-5-7-11-16-3/h8-9,12,15H,4-7,10-11H2,1-3H3. The number of hydrogen-bond acceptors (Lipinski definition) is 3. The van der Waals surface area contributed by atoms with E-state index < -0.39 is 0 Å². The van der Waals surface area contributed by atoms with E-state index in [2.05, 4.69) is 37.6 Å².